The van der Waals surface area contributed by atoms with Crippen LogP contribution in [0.3, 0.4) is 0 Å². The van der Waals surface area contributed by atoms with Gasteiger partial charge in [-0.15, -0.1) is 0 Å². The Balaban J connectivity index is 2.06. The van der Waals surface area contributed by atoms with Crippen molar-refractivity contribution in [3.05, 3.63) is 35.4 Å². The Morgan fingerprint density at radius 3 is 2.77 bits per heavy atom. The van der Waals surface area contributed by atoms with Crippen LogP contribution in [0.5, 0.6) is 0 Å². The summed E-state index contributed by atoms with van der Waals surface area (Å²) in [5.41, 5.74) is 1.75. The minimum absolute atomic E-state index is 0.0103. The molecule has 0 bridgehead atoms. The first kappa shape index (κ1) is 16.5. The van der Waals surface area contributed by atoms with Crippen molar-refractivity contribution in [2.24, 2.45) is 5.92 Å². The maximum atomic E-state index is 12.2. The average Bonchev–Trinajstić information content (AvgIpc) is 2.84. The monoisotopic (exact) mass is 304 g/mol. The molecule has 1 aromatic rings. The zero-order valence-corrected chi connectivity index (χ0v) is 13.5. The van der Waals surface area contributed by atoms with Crippen molar-refractivity contribution in [3.8, 4) is 0 Å². The van der Waals surface area contributed by atoms with Gasteiger partial charge in [-0.2, -0.15) is 0 Å². The van der Waals surface area contributed by atoms with Gasteiger partial charge in [0, 0.05) is 46.3 Å². The van der Waals surface area contributed by atoms with E-state index in [1.54, 1.807) is 26.1 Å². The van der Waals surface area contributed by atoms with Crippen LogP contribution in [-0.2, 0) is 16.0 Å². The van der Waals surface area contributed by atoms with Gasteiger partial charge in [0.1, 0.15) is 0 Å². The first-order valence-corrected chi connectivity index (χ1v) is 7.59. The summed E-state index contributed by atoms with van der Waals surface area (Å²) in [6.45, 7) is 1.95. The molecule has 1 saturated heterocycles. The van der Waals surface area contributed by atoms with Gasteiger partial charge in [0.2, 0.25) is 5.91 Å². The molecule has 0 saturated carbocycles. The van der Waals surface area contributed by atoms with Crippen molar-refractivity contribution in [1.29, 1.82) is 0 Å². The van der Waals surface area contributed by atoms with Crippen LogP contribution in [-0.4, -0.2) is 62.5 Å². The lowest BCUT2D eigenvalue weighted by Crippen LogP contribution is -2.29. The fourth-order valence-electron chi connectivity index (χ4n) is 2.87. The van der Waals surface area contributed by atoms with Crippen LogP contribution in [0.25, 0.3) is 0 Å². The third-order valence-corrected chi connectivity index (χ3v) is 4.02. The normalized spacial score (nSPS) is 17.9. The minimum atomic E-state index is 0.0103. The van der Waals surface area contributed by atoms with Gasteiger partial charge in [-0.1, -0.05) is 18.2 Å². The van der Waals surface area contributed by atoms with E-state index in [1.165, 1.54) is 0 Å². The van der Waals surface area contributed by atoms with E-state index in [0.717, 1.165) is 24.1 Å². The van der Waals surface area contributed by atoms with E-state index in [-0.39, 0.29) is 17.7 Å². The summed E-state index contributed by atoms with van der Waals surface area (Å²) in [7, 11) is 5.15. The van der Waals surface area contributed by atoms with Gasteiger partial charge < -0.3 is 14.5 Å². The van der Waals surface area contributed by atoms with Gasteiger partial charge in [-0.05, 0) is 24.0 Å². The molecule has 120 valence electrons. The number of nitrogens with zero attached hydrogens (tertiary/aromatic N) is 2. The second kappa shape index (κ2) is 7.40. The van der Waals surface area contributed by atoms with Gasteiger partial charge in [0.15, 0.2) is 0 Å². The van der Waals surface area contributed by atoms with Crippen molar-refractivity contribution in [2.75, 3.05) is 40.9 Å². The summed E-state index contributed by atoms with van der Waals surface area (Å²) in [4.78, 5) is 27.7. The molecule has 5 heteroatoms. The Morgan fingerprint density at radius 2 is 2.09 bits per heavy atom. The van der Waals surface area contributed by atoms with Crippen molar-refractivity contribution >= 4 is 11.8 Å². The number of carbonyl (C=O) groups is 2. The highest BCUT2D eigenvalue weighted by molar-refractivity contribution is 5.95. The molecule has 2 rings (SSSR count). The van der Waals surface area contributed by atoms with Crippen LogP contribution in [0.15, 0.2) is 24.3 Å². The highest BCUT2D eigenvalue weighted by atomic mass is 16.5. The predicted molar refractivity (Wildman–Crippen MR) is 84.7 cm³/mol. The van der Waals surface area contributed by atoms with Crippen LogP contribution >= 0.6 is 0 Å². The third-order valence-electron chi connectivity index (χ3n) is 4.02. The number of rotatable bonds is 6. The summed E-state index contributed by atoms with van der Waals surface area (Å²) >= 11 is 0. The maximum absolute atomic E-state index is 12.2. The smallest absolute Gasteiger partial charge is 0.253 e. The second-order valence-corrected chi connectivity index (χ2v) is 5.96. The molecule has 1 aromatic carbocycles. The Labute approximate surface area is 131 Å². The highest BCUT2D eigenvalue weighted by Gasteiger charge is 2.30. The number of benzene rings is 1. The highest BCUT2D eigenvalue weighted by Crippen LogP contribution is 2.24. The number of carbonyl (C=O) groups excluding carboxylic acids is 2. The molecule has 2 amide bonds. The van der Waals surface area contributed by atoms with Gasteiger partial charge >= 0.3 is 0 Å². The number of hydrogen-bond donors (Lipinski definition) is 0. The SMILES string of the molecule is COCCN1C[C@@H](Cc2ccccc2C(=O)N(C)C)CC1=O. The second-order valence-electron chi connectivity index (χ2n) is 5.96. The van der Waals surface area contributed by atoms with E-state index in [2.05, 4.69) is 0 Å². The molecule has 1 atom stereocenters. The van der Waals surface area contributed by atoms with E-state index < -0.39 is 0 Å². The standard InChI is InChI=1S/C17H24N2O3/c1-18(2)17(21)15-7-5-4-6-14(15)10-13-11-16(20)19(12-13)8-9-22-3/h4-7,13H,8-12H2,1-3H3/t13-/m0/s1. The summed E-state index contributed by atoms with van der Waals surface area (Å²) in [5.74, 6) is 0.454. The number of methoxy groups -OCH3 is 1. The molecule has 1 fully saturated rings. The molecule has 0 spiro atoms. The molecule has 1 aliphatic rings. The van der Waals surface area contributed by atoms with Gasteiger partial charge in [0.25, 0.3) is 5.91 Å². The lowest BCUT2D eigenvalue weighted by Gasteiger charge is -2.17. The van der Waals surface area contributed by atoms with Gasteiger partial charge in [-0.3, -0.25) is 9.59 Å². The lowest BCUT2D eigenvalue weighted by molar-refractivity contribution is -0.128. The first-order chi connectivity index (χ1) is 10.5. The maximum Gasteiger partial charge on any atom is 0.253 e. The molecule has 0 aliphatic carbocycles. The zero-order chi connectivity index (χ0) is 16.1. The van der Waals surface area contributed by atoms with Crippen molar-refractivity contribution in [1.82, 2.24) is 9.80 Å². The van der Waals surface area contributed by atoms with Crippen LogP contribution < -0.4 is 0 Å². The predicted octanol–water partition coefficient (Wildman–Crippen LogP) is 1.43. The van der Waals surface area contributed by atoms with Gasteiger partial charge in [0.05, 0.1) is 6.61 Å². The molecule has 1 aliphatic heterocycles. The van der Waals surface area contributed by atoms with E-state index in [0.29, 0.717) is 19.6 Å². The third kappa shape index (κ3) is 3.85. The molecular weight excluding hydrogens is 280 g/mol. The Kier molecular flexibility index (Phi) is 5.55. The van der Waals surface area contributed by atoms with E-state index >= 15 is 0 Å². The fourth-order valence-corrected chi connectivity index (χ4v) is 2.87. The molecule has 0 radical (unpaired) electrons. The number of amides is 2. The molecule has 0 aromatic heterocycles. The summed E-state index contributed by atoms with van der Waals surface area (Å²) in [6, 6.07) is 7.67. The quantitative estimate of drug-likeness (QED) is 0.799. The summed E-state index contributed by atoms with van der Waals surface area (Å²) < 4.78 is 5.04. The van der Waals surface area contributed by atoms with Crippen LogP contribution in [0.1, 0.15) is 22.3 Å². The molecule has 0 N–H and O–H groups in total. The number of likely N-dealkylation sites (tertiary alicyclic amines) is 1. The summed E-state index contributed by atoms with van der Waals surface area (Å²) in [6.07, 6.45) is 1.30. The topological polar surface area (TPSA) is 49.9 Å². The number of ether oxygens (including phenoxy) is 1. The molecular formula is C17H24N2O3. The largest absolute Gasteiger partial charge is 0.383 e. The van der Waals surface area contributed by atoms with Crippen molar-refractivity contribution in [3.63, 3.8) is 0 Å². The zero-order valence-electron chi connectivity index (χ0n) is 13.5. The Morgan fingerprint density at radius 1 is 1.36 bits per heavy atom. The number of hydrogen-bond acceptors (Lipinski definition) is 3. The molecule has 5 nitrogen and oxygen atoms in total. The molecule has 0 unspecified atom stereocenters. The minimum Gasteiger partial charge on any atom is -0.383 e. The Bertz CT molecular complexity index is 542. The van der Waals surface area contributed by atoms with Crippen molar-refractivity contribution < 1.29 is 14.3 Å². The van der Waals surface area contributed by atoms with E-state index in [9.17, 15) is 9.59 Å². The first-order valence-electron chi connectivity index (χ1n) is 7.59. The van der Waals surface area contributed by atoms with Crippen LogP contribution in [0.4, 0.5) is 0 Å². The summed E-state index contributed by atoms with van der Waals surface area (Å²) in [5, 5.41) is 0. The van der Waals surface area contributed by atoms with E-state index in [4.69, 9.17) is 4.74 Å². The fraction of sp³-hybridized carbons (Fsp3) is 0.529. The molecule has 1 heterocycles. The van der Waals surface area contributed by atoms with Gasteiger partial charge in [-0.25, -0.2) is 0 Å². The average molecular weight is 304 g/mol. The van der Waals surface area contributed by atoms with E-state index in [1.807, 2.05) is 29.2 Å². The van der Waals surface area contributed by atoms with Crippen LogP contribution in [0.2, 0.25) is 0 Å². The van der Waals surface area contributed by atoms with Crippen molar-refractivity contribution in [2.45, 2.75) is 12.8 Å². The van der Waals surface area contributed by atoms with Crippen LogP contribution in [0, 0.1) is 5.92 Å². The molecule has 22 heavy (non-hydrogen) atoms. The lowest BCUT2D eigenvalue weighted by atomic mass is 9.94. The Hall–Kier alpha value is -1.88.